The number of rotatable bonds is 7. The maximum absolute atomic E-state index is 12.3. The molecule has 136 valence electrons. The fourth-order valence-electron chi connectivity index (χ4n) is 2.72. The van der Waals surface area contributed by atoms with Crippen LogP contribution in [0.25, 0.3) is 10.2 Å². The van der Waals surface area contributed by atoms with Gasteiger partial charge in [0.15, 0.2) is 0 Å². The number of thiazole rings is 1. The molecule has 1 N–H and O–H groups in total. The summed E-state index contributed by atoms with van der Waals surface area (Å²) in [5.74, 6) is 0.760. The number of fused-ring (bicyclic) bond motifs is 1. The maximum Gasteiger partial charge on any atom is 0.234 e. The summed E-state index contributed by atoms with van der Waals surface area (Å²) in [7, 11) is 3.58. The summed E-state index contributed by atoms with van der Waals surface area (Å²) < 4.78 is 6.48. The SMILES string of the molecule is COc1ccccc1CNC(=O)CN(C)[C@H](C)c1nc2ccccc2s1. The van der Waals surface area contributed by atoms with Gasteiger partial charge in [-0.25, -0.2) is 4.98 Å². The zero-order chi connectivity index (χ0) is 18.5. The summed E-state index contributed by atoms with van der Waals surface area (Å²) in [6, 6.07) is 15.9. The average molecular weight is 369 g/mol. The number of hydrogen-bond acceptors (Lipinski definition) is 5. The molecule has 0 radical (unpaired) electrons. The van der Waals surface area contributed by atoms with Gasteiger partial charge in [0.2, 0.25) is 5.91 Å². The third-order valence-corrected chi connectivity index (χ3v) is 5.60. The molecule has 1 heterocycles. The Kier molecular flexibility index (Phi) is 5.85. The van der Waals surface area contributed by atoms with Crippen LogP contribution in [0.5, 0.6) is 5.75 Å². The van der Waals surface area contributed by atoms with Crippen LogP contribution in [-0.4, -0.2) is 36.5 Å². The molecule has 0 aliphatic heterocycles. The standard InChI is InChI=1S/C20H23N3O2S/c1-14(20-22-16-9-5-7-11-18(16)26-20)23(2)13-19(24)21-12-15-8-4-6-10-17(15)25-3/h4-11,14H,12-13H2,1-3H3,(H,21,24)/t14-/m1/s1. The molecule has 0 unspecified atom stereocenters. The molecule has 1 aromatic heterocycles. The number of benzene rings is 2. The third kappa shape index (κ3) is 4.20. The van der Waals surface area contributed by atoms with E-state index in [2.05, 4.69) is 23.3 Å². The largest absolute Gasteiger partial charge is 0.496 e. The Labute approximate surface area is 157 Å². The predicted octanol–water partition coefficient (Wildman–Crippen LogP) is 3.61. The van der Waals surface area contributed by atoms with E-state index >= 15 is 0 Å². The third-order valence-electron chi connectivity index (χ3n) is 4.39. The van der Waals surface area contributed by atoms with E-state index in [1.54, 1.807) is 18.4 Å². The number of methoxy groups -OCH3 is 1. The summed E-state index contributed by atoms with van der Waals surface area (Å²) in [4.78, 5) is 19.0. The molecule has 1 atom stereocenters. The maximum atomic E-state index is 12.3. The second-order valence-corrected chi connectivity index (χ2v) is 7.26. The Hall–Kier alpha value is -2.44. The van der Waals surface area contributed by atoms with Gasteiger partial charge in [0.25, 0.3) is 0 Å². The summed E-state index contributed by atoms with van der Waals surface area (Å²) in [6.45, 7) is 2.84. The number of carbonyl (C=O) groups excluding carboxylic acids is 1. The van der Waals surface area contributed by atoms with E-state index in [0.29, 0.717) is 13.1 Å². The highest BCUT2D eigenvalue weighted by Crippen LogP contribution is 2.28. The van der Waals surface area contributed by atoms with Crippen molar-refractivity contribution in [3.05, 3.63) is 59.1 Å². The van der Waals surface area contributed by atoms with Crippen molar-refractivity contribution < 1.29 is 9.53 Å². The number of hydrogen-bond donors (Lipinski definition) is 1. The molecule has 0 spiro atoms. The number of nitrogens with one attached hydrogen (secondary N) is 1. The molecule has 3 rings (SSSR count). The highest BCUT2D eigenvalue weighted by Gasteiger charge is 2.18. The van der Waals surface area contributed by atoms with Crippen LogP contribution in [0.3, 0.4) is 0 Å². The van der Waals surface area contributed by atoms with E-state index in [1.165, 1.54) is 4.70 Å². The van der Waals surface area contributed by atoms with Crippen molar-refractivity contribution in [3.63, 3.8) is 0 Å². The monoisotopic (exact) mass is 369 g/mol. The van der Waals surface area contributed by atoms with Gasteiger partial charge in [-0.1, -0.05) is 30.3 Å². The van der Waals surface area contributed by atoms with Gasteiger partial charge in [0, 0.05) is 12.1 Å². The second-order valence-electron chi connectivity index (χ2n) is 6.20. The lowest BCUT2D eigenvalue weighted by Gasteiger charge is -2.22. The number of carbonyl (C=O) groups is 1. The number of amides is 1. The van der Waals surface area contributed by atoms with Crippen LogP contribution in [0, 0.1) is 0 Å². The van der Waals surface area contributed by atoms with Gasteiger partial charge in [0.1, 0.15) is 10.8 Å². The Bertz CT molecular complexity index is 860. The highest BCUT2D eigenvalue weighted by atomic mass is 32.1. The van der Waals surface area contributed by atoms with Crippen LogP contribution >= 0.6 is 11.3 Å². The highest BCUT2D eigenvalue weighted by molar-refractivity contribution is 7.18. The first-order valence-corrected chi connectivity index (χ1v) is 9.34. The van der Waals surface area contributed by atoms with Crippen molar-refractivity contribution in [2.24, 2.45) is 0 Å². The molecule has 0 aliphatic rings. The van der Waals surface area contributed by atoms with Crippen LogP contribution in [-0.2, 0) is 11.3 Å². The smallest absolute Gasteiger partial charge is 0.234 e. The van der Waals surface area contributed by atoms with Crippen molar-refractivity contribution in [1.82, 2.24) is 15.2 Å². The van der Waals surface area contributed by atoms with Crippen LogP contribution in [0.15, 0.2) is 48.5 Å². The first kappa shape index (κ1) is 18.4. The summed E-state index contributed by atoms with van der Waals surface area (Å²) in [5.41, 5.74) is 1.97. The molecule has 1 amide bonds. The molecule has 26 heavy (non-hydrogen) atoms. The lowest BCUT2D eigenvalue weighted by Crippen LogP contribution is -2.36. The molecule has 5 nitrogen and oxygen atoms in total. The van der Waals surface area contributed by atoms with Crippen molar-refractivity contribution in [2.45, 2.75) is 19.5 Å². The van der Waals surface area contributed by atoms with Crippen LogP contribution in [0.4, 0.5) is 0 Å². The van der Waals surface area contributed by atoms with Gasteiger partial charge in [-0.2, -0.15) is 0 Å². The molecule has 6 heteroatoms. The van der Waals surface area contributed by atoms with Crippen molar-refractivity contribution in [3.8, 4) is 5.75 Å². The zero-order valence-electron chi connectivity index (χ0n) is 15.2. The normalized spacial score (nSPS) is 12.3. The number of ether oxygens (including phenoxy) is 1. The van der Waals surface area contributed by atoms with Gasteiger partial charge in [-0.15, -0.1) is 11.3 Å². The van der Waals surface area contributed by atoms with Gasteiger partial charge < -0.3 is 10.1 Å². The minimum absolute atomic E-state index is 0.0219. The lowest BCUT2D eigenvalue weighted by molar-refractivity contribution is -0.122. The number of nitrogens with zero attached hydrogens (tertiary/aromatic N) is 2. The van der Waals surface area contributed by atoms with E-state index in [1.807, 2.05) is 54.4 Å². The second kappa shape index (κ2) is 8.29. The molecule has 0 saturated heterocycles. The van der Waals surface area contributed by atoms with Crippen molar-refractivity contribution in [2.75, 3.05) is 20.7 Å². The minimum Gasteiger partial charge on any atom is -0.496 e. The summed E-state index contributed by atoms with van der Waals surface area (Å²) >= 11 is 1.67. The van der Waals surface area contributed by atoms with E-state index in [-0.39, 0.29) is 11.9 Å². The van der Waals surface area contributed by atoms with Crippen molar-refractivity contribution in [1.29, 1.82) is 0 Å². The zero-order valence-corrected chi connectivity index (χ0v) is 16.0. The van der Waals surface area contributed by atoms with Crippen molar-refractivity contribution >= 4 is 27.5 Å². The topological polar surface area (TPSA) is 54.5 Å². The van der Waals surface area contributed by atoms with Gasteiger partial charge in [-0.05, 0) is 32.2 Å². The fourth-order valence-corrected chi connectivity index (χ4v) is 3.80. The van der Waals surface area contributed by atoms with Gasteiger partial charge in [0.05, 0.1) is 29.9 Å². The number of aromatic nitrogens is 1. The van der Waals surface area contributed by atoms with E-state index < -0.39 is 0 Å². The Morgan fingerprint density at radius 3 is 2.73 bits per heavy atom. The first-order chi connectivity index (χ1) is 12.6. The van der Waals surface area contributed by atoms with Crippen LogP contribution in [0.2, 0.25) is 0 Å². The molecule has 0 fully saturated rings. The number of likely N-dealkylation sites (N-methyl/N-ethyl adjacent to an activating group) is 1. The van der Waals surface area contributed by atoms with E-state index in [0.717, 1.165) is 21.8 Å². The quantitative estimate of drug-likeness (QED) is 0.691. The molecule has 0 aliphatic carbocycles. The fraction of sp³-hybridized carbons (Fsp3) is 0.300. The summed E-state index contributed by atoms with van der Waals surface area (Å²) in [5, 5.41) is 3.98. The molecule has 0 bridgehead atoms. The number of para-hydroxylation sites is 2. The Morgan fingerprint density at radius 2 is 1.96 bits per heavy atom. The van der Waals surface area contributed by atoms with E-state index in [4.69, 9.17) is 4.74 Å². The minimum atomic E-state index is -0.0219. The van der Waals surface area contributed by atoms with Gasteiger partial charge >= 0.3 is 0 Å². The Balaban J connectivity index is 1.58. The predicted molar refractivity (Wildman–Crippen MR) is 106 cm³/mol. The first-order valence-electron chi connectivity index (χ1n) is 8.52. The lowest BCUT2D eigenvalue weighted by atomic mass is 10.2. The molecular formula is C20H23N3O2S. The van der Waals surface area contributed by atoms with Crippen LogP contribution < -0.4 is 10.1 Å². The van der Waals surface area contributed by atoms with E-state index in [9.17, 15) is 4.79 Å². The molecule has 3 aromatic rings. The van der Waals surface area contributed by atoms with Crippen LogP contribution in [0.1, 0.15) is 23.5 Å². The molecule has 2 aromatic carbocycles. The van der Waals surface area contributed by atoms with Gasteiger partial charge in [-0.3, -0.25) is 9.69 Å². The summed E-state index contributed by atoms with van der Waals surface area (Å²) in [6.07, 6.45) is 0. The Morgan fingerprint density at radius 1 is 1.23 bits per heavy atom. The molecule has 0 saturated carbocycles. The molecular weight excluding hydrogens is 346 g/mol. The average Bonchev–Trinajstić information content (AvgIpc) is 3.10.